The molecule has 0 N–H and O–H groups in total. The van der Waals surface area contributed by atoms with Gasteiger partial charge in [-0.1, -0.05) is 0 Å². The summed E-state index contributed by atoms with van der Waals surface area (Å²) in [7, 11) is 0. The SMILES string of the molecule is N#C[C@@H]1C[C@@H]2C[C@@H]2N1C(=O)CCl. The summed E-state index contributed by atoms with van der Waals surface area (Å²) < 4.78 is 0. The second kappa shape index (κ2) is 2.63. The van der Waals surface area contributed by atoms with Gasteiger partial charge in [-0.2, -0.15) is 5.26 Å². The third-order valence-electron chi connectivity index (χ3n) is 2.66. The van der Waals surface area contributed by atoms with E-state index in [-0.39, 0.29) is 17.8 Å². The zero-order valence-electron chi connectivity index (χ0n) is 6.53. The second-order valence-electron chi connectivity index (χ2n) is 3.38. The van der Waals surface area contributed by atoms with Gasteiger partial charge in [0.2, 0.25) is 5.91 Å². The van der Waals surface area contributed by atoms with E-state index in [4.69, 9.17) is 16.9 Å². The number of amides is 1. The standard InChI is InChI=1S/C8H9ClN2O/c9-3-8(12)11-6(4-10)1-5-2-7(5)11/h5-7H,1-3H2/t5-,6+,7+/m1/s1. The predicted molar refractivity (Wildman–Crippen MR) is 43.5 cm³/mol. The van der Waals surface area contributed by atoms with E-state index in [0.29, 0.717) is 12.0 Å². The first-order valence-electron chi connectivity index (χ1n) is 4.04. The van der Waals surface area contributed by atoms with Crippen molar-refractivity contribution < 1.29 is 4.79 Å². The maximum Gasteiger partial charge on any atom is 0.238 e. The largest absolute Gasteiger partial charge is 0.322 e. The Balaban J connectivity index is 2.12. The highest BCUT2D eigenvalue weighted by molar-refractivity contribution is 6.27. The van der Waals surface area contributed by atoms with Gasteiger partial charge in [-0.15, -0.1) is 11.6 Å². The van der Waals surface area contributed by atoms with Crippen LogP contribution in [0, 0.1) is 17.2 Å². The molecule has 64 valence electrons. The van der Waals surface area contributed by atoms with Crippen LogP contribution in [0.4, 0.5) is 0 Å². The molecule has 1 amide bonds. The van der Waals surface area contributed by atoms with Crippen LogP contribution < -0.4 is 0 Å². The zero-order valence-corrected chi connectivity index (χ0v) is 7.29. The number of hydrogen-bond donors (Lipinski definition) is 0. The molecule has 0 radical (unpaired) electrons. The fourth-order valence-corrected chi connectivity index (χ4v) is 2.14. The second-order valence-corrected chi connectivity index (χ2v) is 3.65. The molecule has 1 saturated carbocycles. The molecule has 0 unspecified atom stereocenters. The summed E-state index contributed by atoms with van der Waals surface area (Å²) in [6.45, 7) is 0. The van der Waals surface area contributed by atoms with Gasteiger partial charge in [-0.25, -0.2) is 0 Å². The highest BCUT2D eigenvalue weighted by atomic mass is 35.5. The van der Waals surface area contributed by atoms with Crippen LogP contribution in [0.25, 0.3) is 0 Å². The number of halogens is 1. The molecule has 0 spiro atoms. The number of likely N-dealkylation sites (tertiary alicyclic amines) is 1. The molecule has 2 rings (SSSR count). The Labute approximate surface area is 75.9 Å². The van der Waals surface area contributed by atoms with Crippen LogP contribution >= 0.6 is 11.6 Å². The van der Waals surface area contributed by atoms with Gasteiger partial charge < -0.3 is 4.90 Å². The van der Waals surface area contributed by atoms with Gasteiger partial charge in [-0.05, 0) is 18.8 Å². The van der Waals surface area contributed by atoms with Crippen LogP contribution in [0.3, 0.4) is 0 Å². The molecule has 1 aliphatic carbocycles. The first-order chi connectivity index (χ1) is 5.77. The number of nitrogens with zero attached hydrogens (tertiary/aromatic N) is 2. The lowest BCUT2D eigenvalue weighted by Crippen LogP contribution is -2.38. The molecule has 3 nitrogen and oxygen atoms in total. The van der Waals surface area contributed by atoms with E-state index in [1.807, 2.05) is 0 Å². The number of rotatable bonds is 1. The lowest BCUT2D eigenvalue weighted by molar-refractivity contribution is -0.129. The van der Waals surface area contributed by atoms with Gasteiger partial charge in [0.25, 0.3) is 0 Å². The van der Waals surface area contributed by atoms with Crippen molar-refractivity contribution in [3.63, 3.8) is 0 Å². The Morgan fingerprint density at radius 3 is 3.00 bits per heavy atom. The highest BCUT2D eigenvalue weighted by Gasteiger charge is 2.53. The number of fused-ring (bicyclic) bond motifs is 1. The number of nitriles is 1. The number of carbonyl (C=O) groups excluding carboxylic acids is 1. The van der Waals surface area contributed by atoms with Crippen LogP contribution in [-0.2, 0) is 4.79 Å². The van der Waals surface area contributed by atoms with Crippen LogP contribution in [0.1, 0.15) is 12.8 Å². The Hall–Kier alpha value is -0.750. The van der Waals surface area contributed by atoms with Crippen molar-refractivity contribution in [2.45, 2.75) is 24.9 Å². The lowest BCUT2D eigenvalue weighted by Gasteiger charge is -2.21. The Bertz CT molecular complexity index is 260. The molecule has 1 heterocycles. The number of carbonyl (C=O) groups is 1. The summed E-state index contributed by atoms with van der Waals surface area (Å²) in [5.41, 5.74) is 0. The van der Waals surface area contributed by atoms with Crippen molar-refractivity contribution in [3.8, 4) is 6.07 Å². The number of hydrogen-bond acceptors (Lipinski definition) is 2. The molecule has 0 aromatic carbocycles. The van der Waals surface area contributed by atoms with Gasteiger partial charge in [0.05, 0.1) is 6.07 Å². The average Bonchev–Trinajstić information content (AvgIpc) is 2.76. The van der Waals surface area contributed by atoms with Crippen molar-refractivity contribution >= 4 is 17.5 Å². The van der Waals surface area contributed by atoms with E-state index in [2.05, 4.69) is 6.07 Å². The van der Waals surface area contributed by atoms with E-state index in [0.717, 1.165) is 12.8 Å². The first-order valence-corrected chi connectivity index (χ1v) is 4.58. The van der Waals surface area contributed by atoms with Crippen molar-refractivity contribution in [2.75, 3.05) is 5.88 Å². The molecule has 1 aliphatic heterocycles. The van der Waals surface area contributed by atoms with E-state index < -0.39 is 0 Å². The molecule has 3 atom stereocenters. The summed E-state index contributed by atoms with van der Waals surface area (Å²) in [4.78, 5) is 12.9. The Kier molecular flexibility index (Phi) is 1.73. The van der Waals surface area contributed by atoms with Gasteiger partial charge in [0.1, 0.15) is 11.9 Å². The predicted octanol–water partition coefficient (Wildman–Crippen LogP) is 0.738. The van der Waals surface area contributed by atoms with Gasteiger partial charge >= 0.3 is 0 Å². The summed E-state index contributed by atoms with van der Waals surface area (Å²) in [6, 6.07) is 2.26. The van der Waals surface area contributed by atoms with E-state index in [1.165, 1.54) is 0 Å². The minimum atomic E-state index is -0.208. The van der Waals surface area contributed by atoms with E-state index in [9.17, 15) is 4.79 Å². The molecule has 4 heteroatoms. The fraction of sp³-hybridized carbons (Fsp3) is 0.750. The maximum absolute atomic E-state index is 11.3. The Morgan fingerprint density at radius 2 is 2.42 bits per heavy atom. The highest BCUT2D eigenvalue weighted by Crippen LogP contribution is 2.47. The van der Waals surface area contributed by atoms with Gasteiger partial charge in [0, 0.05) is 6.04 Å². The smallest absolute Gasteiger partial charge is 0.238 e. The van der Waals surface area contributed by atoms with Crippen molar-refractivity contribution in [1.82, 2.24) is 4.90 Å². The van der Waals surface area contributed by atoms with Crippen LogP contribution in [0.2, 0.25) is 0 Å². The van der Waals surface area contributed by atoms with E-state index >= 15 is 0 Å². The molecule has 0 aromatic rings. The fourth-order valence-electron chi connectivity index (χ4n) is 2.00. The van der Waals surface area contributed by atoms with Crippen LogP contribution in [0.15, 0.2) is 0 Å². The quantitative estimate of drug-likeness (QED) is 0.565. The third-order valence-corrected chi connectivity index (χ3v) is 2.88. The van der Waals surface area contributed by atoms with Crippen molar-refractivity contribution in [2.24, 2.45) is 5.92 Å². The third kappa shape index (κ3) is 0.987. The molecule has 0 aromatic heterocycles. The lowest BCUT2D eigenvalue weighted by atomic mass is 10.2. The minimum absolute atomic E-state index is 0.00139. The van der Waals surface area contributed by atoms with E-state index in [1.54, 1.807) is 4.90 Å². The van der Waals surface area contributed by atoms with Crippen LogP contribution in [0.5, 0.6) is 0 Å². The molecule has 2 aliphatic rings. The average molecular weight is 185 g/mol. The topological polar surface area (TPSA) is 44.1 Å². The minimum Gasteiger partial charge on any atom is -0.322 e. The Morgan fingerprint density at radius 1 is 1.67 bits per heavy atom. The van der Waals surface area contributed by atoms with Crippen LogP contribution in [-0.4, -0.2) is 28.8 Å². The summed E-state index contributed by atoms with van der Waals surface area (Å²) in [5.74, 6) is 0.497. The number of alkyl halides is 1. The molecular formula is C8H9ClN2O. The summed E-state index contributed by atoms with van der Waals surface area (Å²) >= 11 is 5.44. The van der Waals surface area contributed by atoms with Crippen molar-refractivity contribution in [3.05, 3.63) is 0 Å². The molecule has 0 bridgehead atoms. The first kappa shape index (κ1) is 7.88. The molecule has 1 saturated heterocycles. The van der Waals surface area contributed by atoms with Crippen molar-refractivity contribution in [1.29, 1.82) is 5.26 Å². The molecular weight excluding hydrogens is 176 g/mol. The maximum atomic E-state index is 11.3. The summed E-state index contributed by atoms with van der Waals surface area (Å²) in [6.07, 6.45) is 1.92. The van der Waals surface area contributed by atoms with Gasteiger partial charge in [-0.3, -0.25) is 4.79 Å². The zero-order chi connectivity index (χ0) is 8.72. The molecule has 2 fully saturated rings. The normalized spacial score (nSPS) is 37.3. The summed E-state index contributed by atoms with van der Waals surface area (Å²) in [5, 5.41) is 8.73. The van der Waals surface area contributed by atoms with Gasteiger partial charge in [0.15, 0.2) is 0 Å². The monoisotopic (exact) mass is 184 g/mol. The number of piperidine rings is 1. The molecule has 12 heavy (non-hydrogen) atoms.